The standard InChI is InChI=1S/C52H63N5O3SSi/c1-51(2,3)61(59)57-37-42-35-46(50(58)53-43-29-32-56(38-43)36-40-20-12-9-13-21-40)54-49(41-24-18-22-39(34-41)23-19-31-55(7)8)48(42)47(57)30-33-60-62(52(4,5)6,44-25-14-10-15-26-44)45-27-16-11-17-28-45/h9-18,20-22,24-28,34-35,43,47H,29-33,36-38H2,1-8H3,(H,53,58)/t43-,47-,61-/m1/s1. The van der Waals surface area contributed by atoms with Crippen molar-refractivity contribution in [3.63, 3.8) is 0 Å². The summed E-state index contributed by atoms with van der Waals surface area (Å²) in [6.07, 6.45) is 1.46. The summed E-state index contributed by atoms with van der Waals surface area (Å²) >= 11 is -1.37. The molecule has 3 heterocycles. The Balaban J connectivity index is 1.27. The lowest BCUT2D eigenvalue weighted by Gasteiger charge is -2.43. The second kappa shape index (κ2) is 19.4. The second-order valence-corrected chi connectivity index (χ2v) is 25.5. The fourth-order valence-corrected chi connectivity index (χ4v) is 15.0. The third-order valence-corrected chi connectivity index (χ3v) is 18.8. The van der Waals surface area contributed by atoms with Crippen molar-refractivity contribution in [3.05, 3.63) is 149 Å². The Bertz CT molecular complexity index is 2320. The maximum atomic E-state index is 14.7. The Morgan fingerprint density at radius 2 is 1.55 bits per heavy atom. The highest BCUT2D eigenvalue weighted by Crippen LogP contribution is 2.46. The van der Waals surface area contributed by atoms with E-state index in [1.807, 2.05) is 64.0 Å². The zero-order valence-corrected chi connectivity index (χ0v) is 39.6. The van der Waals surface area contributed by atoms with Crippen molar-refractivity contribution in [2.45, 2.75) is 89.3 Å². The maximum absolute atomic E-state index is 14.7. The van der Waals surface area contributed by atoms with Gasteiger partial charge in [-0.25, -0.2) is 4.98 Å². The van der Waals surface area contributed by atoms with Gasteiger partial charge in [-0.05, 0) is 92.4 Å². The van der Waals surface area contributed by atoms with Crippen molar-refractivity contribution >= 4 is 36.0 Å². The lowest BCUT2D eigenvalue weighted by molar-refractivity contribution is 0.0932. The van der Waals surface area contributed by atoms with Crippen LogP contribution in [0.15, 0.2) is 121 Å². The van der Waals surface area contributed by atoms with Gasteiger partial charge in [-0.2, -0.15) is 0 Å². The van der Waals surface area contributed by atoms with E-state index in [4.69, 9.17) is 9.41 Å². The first-order valence-electron chi connectivity index (χ1n) is 21.9. The van der Waals surface area contributed by atoms with Gasteiger partial charge in [-0.1, -0.05) is 136 Å². The molecule has 0 bridgehead atoms. The highest BCUT2D eigenvalue weighted by atomic mass is 32.2. The van der Waals surface area contributed by atoms with E-state index in [2.05, 4.69) is 144 Å². The molecule has 1 saturated heterocycles. The van der Waals surface area contributed by atoms with Crippen molar-refractivity contribution in [2.75, 3.05) is 40.3 Å². The van der Waals surface area contributed by atoms with E-state index in [0.29, 0.717) is 31.8 Å². The molecule has 62 heavy (non-hydrogen) atoms. The molecule has 3 atom stereocenters. The molecular formula is C52H63N5O3SSi. The first-order chi connectivity index (χ1) is 29.6. The molecule has 0 saturated carbocycles. The van der Waals surface area contributed by atoms with Gasteiger partial charge in [-0.3, -0.25) is 14.6 Å². The number of amides is 1. The van der Waals surface area contributed by atoms with Gasteiger partial charge in [0.05, 0.1) is 24.8 Å². The molecule has 5 aromatic rings. The minimum absolute atomic E-state index is 0.0104. The van der Waals surface area contributed by atoms with Gasteiger partial charge in [0.15, 0.2) is 0 Å². The van der Waals surface area contributed by atoms with E-state index in [-0.39, 0.29) is 23.0 Å². The number of carbonyl (C=O) groups excluding carboxylic acids is 1. The lowest BCUT2D eigenvalue weighted by atomic mass is 9.95. The molecule has 0 radical (unpaired) electrons. The van der Waals surface area contributed by atoms with Crippen LogP contribution in [0.5, 0.6) is 0 Å². The number of nitrogens with zero attached hydrogens (tertiary/aromatic N) is 4. The molecule has 1 amide bonds. The summed E-state index contributed by atoms with van der Waals surface area (Å²) < 4.78 is 23.7. The second-order valence-electron chi connectivity index (χ2n) is 19.0. The fraction of sp³-hybridized carbons (Fsp3) is 0.385. The van der Waals surface area contributed by atoms with Gasteiger partial charge in [0.25, 0.3) is 14.2 Å². The molecule has 1 N–H and O–H groups in total. The van der Waals surface area contributed by atoms with E-state index in [9.17, 15) is 9.35 Å². The Labute approximate surface area is 374 Å². The van der Waals surface area contributed by atoms with Crippen LogP contribution >= 0.6 is 0 Å². The van der Waals surface area contributed by atoms with Crippen molar-refractivity contribution in [2.24, 2.45) is 0 Å². The number of hydrogen-bond acceptors (Lipinski definition) is 7. The summed E-state index contributed by atoms with van der Waals surface area (Å²) in [5, 5.41) is 5.58. The Hall–Kier alpha value is -4.57. The van der Waals surface area contributed by atoms with Crippen molar-refractivity contribution in [1.29, 1.82) is 0 Å². The van der Waals surface area contributed by atoms with Crippen molar-refractivity contribution in [1.82, 2.24) is 24.4 Å². The molecule has 324 valence electrons. The Morgan fingerprint density at radius 1 is 0.903 bits per heavy atom. The summed E-state index contributed by atoms with van der Waals surface area (Å²) in [6.45, 7) is 17.0. The smallest absolute Gasteiger partial charge is 0.270 e. The molecule has 8 nitrogen and oxygen atoms in total. The maximum Gasteiger partial charge on any atom is 0.270 e. The number of rotatable bonds is 13. The van der Waals surface area contributed by atoms with Crippen molar-refractivity contribution < 1.29 is 13.8 Å². The Kier molecular flexibility index (Phi) is 14.3. The Morgan fingerprint density at radius 3 is 2.16 bits per heavy atom. The van der Waals surface area contributed by atoms with Crippen LogP contribution in [-0.4, -0.2) is 89.0 Å². The predicted molar refractivity (Wildman–Crippen MR) is 257 cm³/mol. The summed E-state index contributed by atoms with van der Waals surface area (Å²) in [6, 6.07) is 41.7. The molecule has 4 aromatic carbocycles. The first-order valence-corrected chi connectivity index (χ1v) is 24.9. The zero-order valence-electron chi connectivity index (χ0n) is 37.8. The minimum Gasteiger partial charge on any atom is -0.597 e. The quantitative estimate of drug-likeness (QED) is 0.0732. The van der Waals surface area contributed by atoms with Crippen LogP contribution in [0.4, 0.5) is 0 Å². The van der Waals surface area contributed by atoms with E-state index in [1.165, 1.54) is 15.9 Å². The summed E-state index contributed by atoms with van der Waals surface area (Å²) in [5.41, 5.74) is 6.08. The third-order valence-electron chi connectivity index (χ3n) is 11.9. The monoisotopic (exact) mass is 865 g/mol. The molecule has 7 rings (SSSR count). The van der Waals surface area contributed by atoms with Gasteiger partial charge in [0, 0.05) is 60.3 Å². The fourth-order valence-electron chi connectivity index (χ4n) is 9.01. The third kappa shape index (κ3) is 10.3. The number of nitrogens with one attached hydrogen (secondary N) is 1. The number of aromatic nitrogens is 1. The van der Waals surface area contributed by atoms with Crippen LogP contribution in [0.3, 0.4) is 0 Å². The molecule has 2 aliphatic rings. The summed E-state index contributed by atoms with van der Waals surface area (Å²) in [7, 11) is 1.15. The van der Waals surface area contributed by atoms with E-state index in [1.54, 1.807) is 0 Å². The average Bonchev–Trinajstić information content (AvgIpc) is 3.85. The number of likely N-dealkylation sites (tertiary alicyclic amines) is 1. The first kappa shape index (κ1) is 45.5. The molecule has 0 spiro atoms. The molecular weight excluding hydrogens is 803 g/mol. The van der Waals surface area contributed by atoms with Crippen LogP contribution in [0.1, 0.15) is 93.2 Å². The predicted octanol–water partition coefficient (Wildman–Crippen LogP) is 7.95. The molecule has 10 heteroatoms. The highest BCUT2D eigenvalue weighted by Gasteiger charge is 2.51. The summed E-state index contributed by atoms with van der Waals surface area (Å²) in [4.78, 5) is 24.0. The lowest BCUT2D eigenvalue weighted by Crippen LogP contribution is -2.66. The number of fused-ring (bicyclic) bond motifs is 1. The van der Waals surface area contributed by atoms with Crippen LogP contribution < -0.4 is 15.7 Å². The van der Waals surface area contributed by atoms with Crippen LogP contribution in [0.2, 0.25) is 5.04 Å². The van der Waals surface area contributed by atoms with Gasteiger partial charge in [0.2, 0.25) is 0 Å². The molecule has 1 fully saturated rings. The average molecular weight is 866 g/mol. The zero-order chi connectivity index (χ0) is 44.1. The van der Waals surface area contributed by atoms with Gasteiger partial charge < -0.3 is 14.3 Å². The molecule has 0 unspecified atom stereocenters. The van der Waals surface area contributed by atoms with Gasteiger partial charge in [0.1, 0.15) is 10.4 Å². The SMILES string of the molecule is CN(C)CC#Cc1cccc(-c2nc(C(=O)N[C@@H]3CCN(Cc4ccccc4)C3)cc3c2[C@@H](CCO[Si](c2ccccc2)(c2ccccc2)C(C)(C)C)N([S@+]([O-])C(C)(C)C)C3)c1. The number of pyridine rings is 1. The molecule has 1 aromatic heterocycles. The molecule has 2 aliphatic heterocycles. The highest BCUT2D eigenvalue weighted by molar-refractivity contribution is 7.90. The largest absolute Gasteiger partial charge is 0.597 e. The number of hydrogen-bond donors (Lipinski definition) is 1. The van der Waals surface area contributed by atoms with E-state index in [0.717, 1.165) is 54.0 Å². The van der Waals surface area contributed by atoms with E-state index < -0.39 is 24.4 Å². The topological polar surface area (TPSA) is 84.0 Å². The van der Waals surface area contributed by atoms with Gasteiger partial charge in [-0.15, -0.1) is 4.31 Å². The molecule has 0 aliphatic carbocycles. The van der Waals surface area contributed by atoms with E-state index >= 15 is 0 Å². The summed E-state index contributed by atoms with van der Waals surface area (Å²) in [5.74, 6) is 6.42. The number of carbonyl (C=O) groups is 1. The minimum atomic E-state index is -2.86. The number of benzene rings is 4. The van der Waals surface area contributed by atoms with Crippen LogP contribution in [0, 0.1) is 11.8 Å². The van der Waals surface area contributed by atoms with Crippen LogP contribution in [-0.2, 0) is 28.9 Å². The van der Waals surface area contributed by atoms with Crippen LogP contribution in [0.25, 0.3) is 11.3 Å². The normalized spacial score (nSPS) is 17.7. The van der Waals surface area contributed by atoms with Crippen molar-refractivity contribution in [3.8, 4) is 23.1 Å². The van der Waals surface area contributed by atoms with Gasteiger partial charge >= 0.3 is 0 Å².